The topological polar surface area (TPSA) is 183 Å². The summed E-state index contributed by atoms with van der Waals surface area (Å²) in [7, 11) is -9.42. The van der Waals surface area contributed by atoms with Crippen LogP contribution in [0.2, 0.25) is 0 Å². The summed E-state index contributed by atoms with van der Waals surface area (Å²) in [4.78, 5) is 22.7. The summed E-state index contributed by atoms with van der Waals surface area (Å²) in [5.74, 6) is -3.62. The predicted octanol–water partition coefficient (Wildman–Crippen LogP) is 0.0310. The van der Waals surface area contributed by atoms with Gasteiger partial charge >= 0.3 is 11.9 Å². The Morgan fingerprint density at radius 2 is 1.26 bits per heavy atom. The first-order valence-electron chi connectivity index (χ1n) is 6.14. The lowest BCUT2D eigenvalue weighted by molar-refractivity contribution is -0.150. The molecule has 0 rings (SSSR count). The lowest BCUT2D eigenvalue weighted by Gasteiger charge is -2.32. The van der Waals surface area contributed by atoms with Crippen LogP contribution in [0.3, 0.4) is 0 Å². The van der Waals surface area contributed by atoms with Crippen LogP contribution in [0.15, 0.2) is 12.2 Å². The van der Waals surface area contributed by atoms with E-state index in [9.17, 15) is 31.5 Å². The maximum absolute atomic E-state index is 11.6. The fourth-order valence-corrected chi connectivity index (χ4v) is 3.02. The maximum Gasteiger partial charge on any atom is 0.332 e. The van der Waals surface area contributed by atoms with Gasteiger partial charge in [-0.2, -0.15) is 16.8 Å². The number of carboxylic acid groups (broad SMARTS) is 2. The molecule has 0 aromatic heterocycles. The summed E-state index contributed by atoms with van der Waals surface area (Å²) < 4.78 is 62.5. The molecule has 134 valence electrons. The zero-order chi connectivity index (χ0) is 18.8. The third kappa shape index (κ3) is 5.27. The second kappa shape index (κ2) is 6.95. The average Bonchev–Trinajstić information content (AvgIpc) is 2.33. The first kappa shape index (κ1) is 21.5. The summed E-state index contributed by atoms with van der Waals surface area (Å²) in [6.45, 7) is 4.95. The Bertz CT molecular complexity index is 663. The lowest BCUT2D eigenvalue weighted by Crippen LogP contribution is -2.43. The van der Waals surface area contributed by atoms with Crippen LogP contribution in [0.5, 0.6) is 0 Å². The molecule has 0 aromatic rings. The van der Waals surface area contributed by atoms with Gasteiger partial charge in [-0.3, -0.25) is 13.9 Å². The molecule has 0 saturated heterocycles. The van der Waals surface area contributed by atoms with Gasteiger partial charge in [0.2, 0.25) is 0 Å². The Labute approximate surface area is 133 Å². The van der Waals surface area contributed by atoms with Gasteiger partial charge < -0.3 is 10.2 Å². The predicted molar refractivity (Wildman–Crippen MR) is 78.1 cm³/mol. The minimum atomic E-state index is -4.71. The van der Waals surface area contributed by atoms with E-state index in [0.29, 0.717) is 0 Å². The molecule has 0 fully saturated rings. The molecule has 12 heteroatoms. The highest BCUT2D eigenvalue weighted by Crippen LogP contribution is 2.40. The quantitative estimate of drug-likeness (QED) is 0.317. The van der Waals surface area contributed by atoms with Gasteiger partial charge in [-0.15, -0.1) is 0 Å². The summed E-state index contributed by atoms with van der Waals surface area (Å²) in [5.41, 5.74) is -3.48. The van der Waals surface area contributed by atoms with Crippen molar-refractivity contribution in [3.8, 4) is 0 Å². The normalized spacial score (nSPS) is 17.7. The van der Waals surface area contributed by atoms with Crippen LogP contribution in [0.4, 0.5) is 0 Å². The fraction of sp³-hybridized carbons (Fsp3) is 0.636. The van der Waals surface area contributed by atoms with Gasteiger partial charge in [-0.1, -0.05) is 6.58 Å². The van der Waals surface area contributed by atoms with Crippen LogP contribution in [0.25, 0.3) is 0 Å². The fourth-order valence-electron chi connectivity index (χ4n) is 2.03. The summed E-state index contributed by atoms with van der Waals surface area (Å²) in [6.07, 6.45) is -1.88. The summed E-state index contributed by atoms with van der Waals surface area (Å²) in [5, 5.41) is 15.0. The molecule has 0 amide bonds. The van der Waals surface area contributed by atoms with Crippen LogP contribution in [-0.2, 0) is 29.8 Å². The van der Waals surface area contributed by atoms with Crippen molar-refractivity contribution in [3.05, 3.63) is 12.2 Å². The van der Waals surface area contributed by atoms with Crippen molar-refractivity contribution in [1.82, 2.24) is 0 Å². The van der Waals surface area contributed by atoms with Crippen molar-refractivity contribution in [2.24, 2.45) is 5.41 Å². The molecule has 0 radical (unpaired) electrons. The van der Waals surface area contributed by atoms with E-state index in [2.05, 4.69) is 6.58 Å². The van der Waals surface area contributed by atoms with E-state index >= 15 is 0 Å². The molecule has 4 N–H and O–H groups in total. The van der Waals surface area contributed by atoms with Crippen LogP contribution in [0, 0.1) is 5.41 Å². The number of carboxylic acids is 2. The van der Waals surface area contributed by atoms with E-state index in [4.69, 9.17) is 14.2 Å². The Kier molecular flexibility index (Phi) is 6.49. The number of carbonyl (C=O) groups is 2. The Balaban J connectivity index is 6.17. The molecular weight excluding hydrogens is 356 g/mol. The highest BCUT2D eigenvalue weighted by atomic mass is 32.2. The van der Waals surface area contributed by atoms with Crippen molar-refractivity contribution >= 4 is 32.2 Å². The summed E-state index contributed by atoms with van der Waals surface area (Å²) >= 11 is 0. The van der Waals surface area contributed by atoms with Gasteiger partial charge in [0.15, 0.2) is 0 Å². The van der Waals surface area contributed by atoms with Crippen molar-refractivity contribution in [2.45, 2.75) is 37.2 Å². The minimum absolute atomic E-state index is 0.931. The van der Waals surface area contributed by atoms with E-state index in [1.807, 2.05) is 0 Å². The first-order chi connectivity index (χ1) is 10.1. The van der Waals surface area contributed by atoms with Gasteiger partial charge in [0.05, 0.1) is 10.5 Å². The van der Waals surface area contributed by atoms with Gasteiger partial charge in [-0.05, 0) is 26.7 Å². The highest BCUT2D eigenvalue weighted by Gasteiger charge is 2.49. The molecule has 2 atom stereocenters. The number of hydrogen-bond acceptors (Lipinski definition) is 6. The number of rotatable bonds is 9. The molecule has 23 heavy (non-hydrogen) atoms. The van der Waals surface area contributed by atoms with E-state index < -0.39 is 66.5 Å². The van der Waals surface area contributed by atoms with Crippen LogP contribution in [0.1, 0.15) is 26.7 Å². The zero-order valence-corrected chi connectivity index (χ0v) is 14.0. The van der Waals surface area contributed by atoms with Gasteiger partial charge in [-0.25, -0.2) is 4.79 Å². The molecule has 0 saturated carbocycles. The number of hydrogen-bond donors (Lipinski definition) is 4. The van der Waals surface area contributed by atoms with Crippen molar-refractivity contribution in [1.29, 1.82) is 0 Å². The van der Waals surface area contributed by atoms with E-state index in [0.717, 1.165) is 13.8 Å². The smallest absolute Gasteiger partial charge is 0.332 e. The van der Waals surface area contributed by atoms with Crippen molar-refractivity contribution in [3.63, 3.8) is 0 Å². The Morgan fingerprint density at radius 3 is 1.43 bits per heavy atom. The van der Waals surface area contributed by atoms with E-state index in [1.54, 1.807) is 0 Å². The molecule has 0 aromatic carbocycles. The first-order valence-corrected chi connectivity index (χ1v) is 9.15. The second-order valence-electron chi connectivity index (χ2n) is 5.23. The van der Waals surface area contributed by atoms with Crippen molar-refractivity contribution < 1.29 is 45.7 Å². The number of aliphatic carboxylic acids is 2. The molecule has 0 aliphatic rings. The minimum Gasteiger partial charge on any atom is -0.481 e. The van der Waals surface area contributed by atoms with Gasteiger partial charge in [0, 0.05) is 5.57 Å². The maximum atomic E-state index is 11.6. The van der Waals surface area contributed by atoms with E-state index in [-0.39, 0.29) is 0 Å². The zero-order valence-electron chi connectivity index (χ0n) is 12.3. The molecule has 0 heterocycles. The average molecular weight is 374 g/mol. The summed E-state index contributed by atoms with van der Waals surface area (Å²) in [6, 6.07) is 0. The van der Waals surface area contributed by atoms with Crippen molar-refractivity contribution in [2.75, 3.05) is 0 Å². The highest BCUT2D eigenvalue weighted by molar-refractivity contribution is 7.86. The third-order valence-corrected chi connectivity index (χ3v) is 5.90. The van der Waals surface area contributed by atoms with Crippen LogP contribution in [-0.4, -0.2) is 58.6 Å². The molecular formula is C11H18O10S2. The Hall–Kier alpha value is -1.50. The Morgan fingerprint density at radius 1 is 0.957 bits per heavy atom. The monoisotopic (exact) mass is 374 g/mol. The standard InChI is InChI=1S/C11H18O10S2/c1-6(22(16,17)18)4-11(10(14)15,8(3)9(12)13)5-7(2)23(19,20)21/h6-7H,3-5H2,1-2H3,(H,12,13)(H,14,15)(H,16,17,18)(H,19,20,21). The van der Waals surface area contributed by atoms with Crippen LogP contribution < -0.4 is 0 Å². The molecule has 0 bridgehead atoms. The molecule has 0 aliphatic heterocycles. The third-order valence-electron chi connectivity index (χ3n) is 3.53. The van der Waals surface area contributed by atoms with Gasteiger partial charge in [0.25, 0.3) is 20.2 Å². The molecule has 2 unspecified atom stereocenters. The molecule has 10 nitrogen and oxygen atoms in total. The SMILES string of the molecule is C=C(C(=O)O)C(CC(C)S(=O)(=O)O)(CC(C)S(=O)(=O)O)C(=O)O. The van der Waals surface area contributed by atoms with E-state index in [1.165, 1.54) is 0 Å². The van der Waals surface area contributed by atoms with Crippen LogP contribution >= 0.6 is 0 Å². The second-order valence-corrected chi connectivity index (χ2v) is 8.90. The van der Waals surface area contributed by atoms with Gasteiger partial charge in [0.1, 0.15) is 5.41 Å². The lowest BCUT2D eigenvalue weighted by atomic mass is 9.73. The largest absolute Gasteiger partial charge is 0.481 e. The molecule has 0 spiro atoms. The molecule has 0 aliphatic carbocycles.